The van der Waals surface area contributed by atoms with Crippen LogP contribution in [0, 0.1) is 0 Å². The molecule has 0 aliphatic rings. The predicted molar refractivity (Wildman–Crippen MR) is 74.3 cm³/mol. The molecule has 1 heterocycles. The van der Waals surface area contributed by atoms with Crippen molar-refractivity contribution in [3.8, 4) is 0 Å². The zero-order chi connectivity index (χ0) is 13.3. The van der Waals surface area contributed by atoms with Crippen LogP contribution in [0.3, 0.4) is 0 Å². The Morgan fingerprint density at radius 1 is 1.50 bits per heavy atom. The molecule has 0 N–H and O–H groups in total. The summed E-state index contributed by atoms with van der Waals surface area (Å²) in [5, 5.41) is 1.39. The fourth-order valence-electron chi connectivity index (χ4n) is 1.57. The molecule has 5 heteroatoms. The molecule has 96 valence electrons. The number of hydrogen-bond acceptors (Lipinski definition) is 4. The number of nitrogens with zero attached hydrogens (tertiary/aromatic N) is 1. The number of benzene rings is 1. The van der Waals surface area contributed by atoms with Gasteiger partial charge < -0.3 is 4.74 Å². The van der Waals surface area contributed by atoms with Gasteiger partial charge in [0.15, 0.2) is 0 Å². The van der Waals surface area contributed by atoms with E-state index < -0.39 is 5.41 Å². The summed E-state index contributed by atoms with van der Waals surface area (Å²) < 4.78 is 6.10. The Kier molecular flexibility index (Phi) is 3.59. The van der Waals surface area contributed by atoms with Gasteiger partial charge in [0.05, 0.1) is 16.8 Å². The number of thiazole rings is 1. The lowest BCUT2D eigenvalue weighted by Crippen LogP contribution is -2.30. The van der Waals surface area contributed by atoms with E-state index in [1.165, 1.54) is 11.3 Å². The summed E-state index contributed by atoms with van der Waals surface area (Å²) in [6, 6.07) is 5.54. The van der Waals surface area contributed by atoms with E-state index in [4.69, 9.17) is 16.3 Å². The number of fused-ring (bicyclic) bond motifs is 1. The molecule has 0 fully saturated rings. The zero-order valence-corrected chi connectivity index (χ0v) is 12.1. The molecule has 0 atom stereocenters. The van der Waals surface area contributed by atoms with Crippen LogP contribution in [0.1, 0.15) is 25.8 Å². The lowest BCUT2D eigenvalue weighted by atomic mass is 9.95. The van der Waals surface area contributed by atoms with Crippen LogP contribution in [0.4, 0.5) is 0 Å². The molecule has 0 aliphatic heterocycles. The Labute approximate surface area is 115 Å². The molecule has 2 rings (SSSR count). The molecule has 1 aromatic carbocycles. The monoisotopic (exact) mass is 283 g/mol. The van der Waals surface area contributed by atoms with Gasteiger partial charge in [-0.1, -0.05) is 11.6 Å². The Hall–Kier alpha value is -1.13. The third-order valence-electron chi connectivity index (χ3n) is 2.67. The van der Waals surface area contributed by atoms with Crippen molar-refractivity contribution in [3.63, 3.8) is 0 Å². The van der Waals surface area contributed by atoms with Gasteiger partial charge in [-0.25, -0.2) is 4.98 Å². The number of esters is 1. The predicted octanol–water partition coefficient (Wildman–Crippen LogP) is 3.79. The molecule has 1 aromatic heterocycles. The van der Waals surface area contributed by atoms with Crippen LogP contribution in [-0.2, 0) is 14.9 Å². The van der Waals surface area contributed by atoms with E-state index in [2.05, 4.69) is 4.98 Å². The molecule has 2 aromatic rings. The molecule has 0 unspecified atom stereocenters. The van der Waals surface area contributed by atoms with Crippen molar-refractivity contribution in [3.05, 3.63) is 28.2 Å². The van der Waals surface area contributed by atoms with Gasteiger partial charge in [-0.2, -0.15) is 0 Å². The van der Waals surface area contributed by atoms with Crippen molar-refractivity contribution < 1.29 is 9.53 Å². The molecule has 0 saturated carbocycles. The molecule has 0 bridgehead atoms. The van der Waals surface area contributed by atoms with Gasteiger partial charge in [-0.05, 0) is 39.0 Å². The maximum absolute atomic E-state index is 11.9. The normalized spacial score (nSPS) is 11.8. The summed E-state index contributed by atoms with van der Waals surface area (Å²) in [6.45, 7) is 5.82. The minimum Gasteiger partial charge on any atom is -0.465 e. The summed E-state index contributed by atoms with van der Waals surface area (Å²) in [4.78, 5) is 16.4. The van der Waals surface area contributed by atoms with E-state index >= 15 is 0 Å². The van der Waals surface area contributed by atoms with Gasteiger partial charge in [0.25, 0.3) is 0 Å². The van der Waals surface area contributed by atoms with Gasteiger partial charge in [-0.15, -0.1) is 11.3 Å². The van der Waals surface area contributed by atoms with E-state index in [0.29, 0.717) is 11.6 Å². The fraction of sp³-hybridized carbons (Fsp3) is 0.385. The molecule has 3 nitrogen and oxygen atoms in total. The smallest absolute Gasteiger partial charge is 0.318 e. The van der Waals surface area contributed by atoms with Crippen LogP contribution in [0.25, 0.3) is 10.2 Å². The quantitative estimate of drug-likeness (QED) is 0.805. The Morgan fingerprint density at radius 2 is 2.22 bits per heavy atom. The first-order valence-electron chi connectivity index (χ1n) is 5.69. The Balaban J connectivity index is 2.44. The maximum atomic E-state index is 11.9. The van der Waals surface area contributed by atoms with E-state index in [-0.39, 0.29) is 5.97 Å². The van der Waals surface area contributed by atoms with E-state index in [9.17, 15) is 4.79 Å². The zero-order valence-electron chi connectivity index (χ0n) is 10.5. The third-order valence-corrected chi connectivity index (χ3v) is 4.27. The van der Waals surface area contributed by atoms with Crippen molar-refractivity contribution in [2.45, 2.75) is 26.2 Å². The molecular weight excluding hydrogens is 270 g/mol. The van der Waals surface area contributed by atoms with Gasteiger partial charge in [0.1, 0.15) is 10.4 Å². The topological polar surface area (TPSA) is 39.2 Å². The van der Waals surface area contributed by atoms with Crippen molar-refractivity contribution in [1.29, 1.82) is 0 Å². The number of carbonyl (C=O) groups is 1. The van der Waals surface area contributed by atoms with Crippen molar-refractivity contribution >= 4 is 39.1 Å². The highest BCUT2D eigenvalue weighted by Gasteiger charge is 2.34. The van der Waals surface area contributed by atoms with Crippen LogP contribution in [0.15, 0.2) is 18.2 Å². The second-order valence-electron chi connectivity index (χ2n) is 4.48. The summed E-state index contributed by atoms with van der Waals surface area (Å²) in [5.41, 5.74) is 0.0893. The standard InChI is InChI=1S/C13H14ClNO2S/c1-4-17-12(16)13(2,3)11-15-9-7-8(14)5-6-10(9)18-11/h5-7H,4H2,1-3H3. The summed E-state index contributed by atoms with van der Waals surface area (Å²) >= 11 is 7.42. The lowest BCUT2D eigenvalue weighted by molar-refractivity contribution is -0.148. The highest BCUT2D eigenvalue weighted by molar-refractivity contribution is 7.18. The van der Waals surface area contributed by atoms with Crippen LogP contribution in [0.2, 0.25) is 5.02 Å². The summed E-state index contributed by atoms with van der Waals surface area (Å²) in [6.07, 6.45) is 0. The van der Waals surface area contributed by atoms with Gasteiger partial charge in [0, 0.05) is 5.02 Å². The number of rotatable bonds is 3. The fourth-order valence-corrected chi connectivity index (χ4v) is 2.77. The summed E-state index contributed by atoms with van der Waals surface area (Å²) in [5.74, 6) is -0.254. The first kappa shape index (κ1) is 13.3. The molecule has 0 saturated heterocycles. The highest BCUT2D eigenvalue weighted by Crippen LogP contribution is 2.33. The molecule has 18 heavy (non-hydrogen) atoms. The van der Waals surface area contributed by atoms with Crippen LogP contribution >= 0.6 is 22.9 Å². The Morgan fingerprint density at radius 3 is 2.89 bits per heavy atom. The average molecular weight is 284 g/mol. The van der Waals surface area contributed by atoms with Crippen molar-refractivity contribution in [2.24, 2.45) is 0 Å². The largest absolute Gasteiger partial charge is 0.465 e. The molecule has 0 aliphatic carbocycles. The van der Waals surface area contributed by atoms with Gasteiger partial charge >= 0.3 is 5.97 Å². The first-order chi connectivity index (χ1) is 8.45. The molecule has 0 spiro atoms. The minimum atomic E-state index is -0.730. The maximum Gasteiger partial charge on any atom is 0.318 e. The number of aromatic nitrogens is 1. The van der Waals surface area contributed by atoms with Gasteiger partial charge in [0.2, 0.25) is 0 Å². The molecule has 0 amide bonds. The van der Waals surface area contributed by atoms with E-state index in [1.807, 2.05) is 26.0 Å². The molecule has 0 radical (unpaired) electrons. The third kappa shape index (κ3) is 2.35. The number of ether oxygens (including phenoxy) is 1. The summed E-state index contributed by atoms with van der Waals surface area (Å²) in [7, 11) is 0. The van der Waals surface area contributed by atoms with Crippen LogP contribution < -0.4 is 0 Å². The highest BCUT2D eigenvalue weighted by atomic mass is 35.5. The first-order valence-corrected chi connectivity index (χ1v) is 6.88. The SMILES string of the molecule is CCOC(=O)C(C)(C)c1nc2cc(Cl)ccc2s1. The average Bonchev–Trinajstić information content (AvgIpc) is 2.72. The van der Waals surface area contributed by atoms with Crippen molar-refractivity contribution in [1.82, 2.24) is 4.98 Å². The molecular formula is C13H14ClNO2S. The second kappa shape index (κ2) is 4.86. The van der Waals surface area contributed by atoms with Gasteiger partial charge in [-0.3, -0.25) is 4.79 Å². The lowest BCUT2D eigenvalue weighted by Gasteiger charge is -2.19. The second-order valence-corrected chi connectivity index (χ2v) is 5.94. The van der Waals surface area contributed by atoms with Crippen molar-refractivity contribution in [2.75, 3.05) is 6.61 Å². The number of halogens is 1. The van der Waals surface area contributed by atoms with E-state index in [1.54, 1.807) is 13.0 Å². The number of hydrogen-bond donors (Lipinski definition) is 0. The van der Waals surface area contributed by atoms with E-state index in [0.717, 1.165) is 15.2 Å². The van der Waals surface area contributed by atoms with Crippen LogP contribution in [-0.4, -0.2) is 17.6 Å². The Bertz CT molecular complexity index is 592. The van der Waals surface area contributed by atoms with Crippen LogP contribution in [0.5, 0.6) is 0 Å². The number of carbonyl (C=O) groups excluding carboxylic acids is 1. The minimum absolute atomic E-state index is 0.254.